The van der Waals surface area contributed by atoms with Gasteiger partial charge in [-0.3, -0.25) is 4.90 Å². The molecule has 0 saturated carbocycles. The Morgan fingerprint density at radius 2 is 1.46 bits per heavy atom. The van der Waals surface area contributed by atoms with Gasteiger partial charge in [-0.05, 0) is 38.9 Å². The van der Waals surface area contributed by atoms with Crippen molar-refractivity contribution in [3.8, 4) is 0 Å². The van der Waals surface area contributed by atoms with Crippen molar-refractivity contribution in [2.24, 2.45) is 0 Å². The minimum absolute atomic E-state index is 0.713. The van der Waals surface area contributed by atoms with E-state index in [-0.39, 0.29) is 0 Å². The quantitative estimate of drug-likeness (QED) is 0.758. The highest BCUT2D eigenvalue weighted by molar-refractivity contribution is 7.78. The summed E-state index contributed by atoms with van der Waals surface area (Å²) in [6, 6.07) is 20.9. The fourth-order valence-corrected chi connectivity index (χ4v) is 7.20. The van der Waals surface area contributed by atoms with Crippen LogP contribution < -0.4 is 10.6 Å². The number of hydrogen-bond donors (Lipinski definition) is 0. The Morgan fingerprint density at radius 1 is 0.846 bits per heavy atom. The zero-order chi connectivity index (χ0) is 17.8. The van der Waals surface area contributed by atoms with Gasteiger partial charge in [0.05, 0.1) is 0 Å². The second-order valence-electron chi connectivity index (χ2n) is 7.62. The zero-order valence-electron chi connectivity index (χ0n) is 15.5. The summed E-state index contributed by atoms with van der Waals surface area (Å²) < 4.78 is 14.1. The van der Waals surface area contributed by atoms with Gasteiger partial charge in [-0.25, -0.2) is 0 Å². The van der Waals surface area contributed by atoms with Crippen molar-refractivity contribution in [2.75, 3.05) is 38.9 Å². The molecule has 0 N–H and O–H groups in total. The van der Waals surface area contributed by atoms with Gasteiger partial charge in [-0.1, -0.05) is 60.7 Å². The number of fused-ring (bicyclic) bond motifs is 1. The summed E-state index contributed by atoms with van der Waals surface area (Å²) >= 11 is 0. The third kappa shape index (κ3) is 3.81. The van der Waals surface area contributed by atoms with Crippen LogP contribution in [0.5, 0.6) is 0 Å². The number of benzene rings is 2. The minimum Gasteiger partial charge on any atom is -0.314 e. The third-order valence-electron chi connectivity index (χ3n) is 5.97. The highest BCUT2D eigenvalue weighted by Gasteiger charge is 2.31. The van der Waals surface area contributed by atoms with Crippen molar-refractivity contribution in [1.82, 2.24) is 9.80 Å². The van der Waals surface area contributed by atoms with Crippen LogP contribution in [0.25, 0.3) is 0 Å². The lowest BCUT2D eigenvalue weighted by Gasteiger charge is -2.27. The van der Waals surface area contributed by atoms with E-state index in [1.54, 1.807) is 0 Å². The third-order valence-corrected chi connectivity index (χ3v) is 9.06. The highest BCUT2D eigenvalue weighted by Crippen LogP contribution is 2.43. The van der Waals surface area contributed by atoms with Gasteiger partial charge < -0.3 is 9.46 Å². The molecule has 2 heterocycles. The van der Waals surface area contributed by atoms with Crippen molar-refractivity contribution in [3.63, 3.8) is 0 Å². The molecule has 2 saturated heterocycles. The van der Waals surface area contributed by atoms with E-state index < -0.39 is 7.14 Å². The van der Waals surface area contributed by atoms with Crippen LogP contribution in [0, 0.1) is 0 Å². The largest absolute Gasteiger partial charge is 0.314 e. The smallest absolute Gasteiger partial charge is 0.144 e. The molecule has 3 nitrogen and oxygen atoms in total. The van der Waals surface area contributed by atoms with Crippen LogP contribution in [0.2, 0.25) is 0 Å². The van der Waals surface area contributed by atoms with E-state index in [0.29, 0.717) is 6.04 Å². The SMILES string of the molecule is O=P(CCN1CCCN2CCCC2C1)(c1ccccc1)c1ccccc1. The second-order valence-corrected chi connectivity index (χ2v) is 10.6. The lowest BCUT2D eigenvalue weighted by molar-refractivity contribution is 0.226. The molecule has 1 atom stereocenters. The molecule has 0 aliphatic carbocycles. The predicted molar refractivity (Wildman–Crippen MR) is 110 cm³/mol. The van der Waals surface area contributed by atoms with Gasteiger partial charge >= 0.3 is 0 Å². The summed E-state index contributed by atoms with van der Waals surface area (Å²) in [6.45, 7) is 5.70. The summed E-state index contributed by atoms with van der Waals surface area (Å²) in [5, 5.41) is 1.98. The van der Waals surface area contributed by atoms with E-state index in [2.05, 4.69) is 9.80 Å². The monoisotopic (exact) mass is 368 g/mol. The van der Waals surface area contributed by atoms with E-state index in [9.17, 15) is 4.57 Å². The molecule has 0 bridgehead atoms. The van der Waals surface area contributed by atoms with Crippen LogP contribution >= 0.6 is 7.14 Å². The Balaban J connectivity index is 1.53. The highest BCUT2D eigenvalue weighted by atomic mass is 31.2. The number of rotatable bonds is 5. The van der Waals surface area contributed by atoms with Crippen molar-refractivity contribution in [3.05, 3.63) is 60.7 Å². The van der Waals surface area contributed by atoms with Gasteiger partial charge in [-0.15, -0.1) is 0 Å². The van der Waals surface area contributed by atoms with Gasteiger partial charge in [0.15, 0.2) is 0 Å². The van der Waals surface area contributed by atoms with Gasteiger partial charge in [0.25, 0.3) is 0 Å². The Labute approximate surface area is 157 Å². The van der Waals surface area contributed by atoms with Crippen molar-refractivity contribution >= 4 is 17.8 Å². The van der Waals surface area contributed by atoms with E-state index in [0.717, 1.165) is 36.4 Å². The molecule has 2 aromatic rings. The summed E-state index contributed by atoms with van der Waals surface area (Å²) in [6.07, 6.45) is 4.63. The molecular formula is C22H29N2OP. The maximum absolute atomic E-state index is 14.1. The molecule has 0 spiro atoms. The fourth-order valence-electron chi connectivity index (χ4n) is 4.51. The van der Waals surface area contributed by atoms with E-state index >= 15 is 0 Å². The average Bonchev–Trinajstić information content (AvgIpc) is 3.05. The maximum Gasteiger partial charge on any atom is 0.144 e. The molecule has 0 amide bonds. The fraction of sp³-hybridized carbons (Fsp3) is 0.455. The minimum atomic E-state index is -2.59. The van der Waals surface area contributed by atoms with Crippen LogP contribution in [-0.4, -0.2) is 54.7 Å². The van der Waals surface area contributed by atoms with Crippen LogP contribution in [0.3, 0.4) is 0 Å². The van der Waals surface area contributed by atoms with Crippen LogP contribution in [0.15, 0.2) is 60.7 Å². The first kappa shape index (κ1) is 18.0. The lowest BCUT2D eigenvalue weighted by atomic mass is 10.2. The van der Waals surface area contributed by atoms with Gasteiger partial charge in [-0.2, -0.15) is 0 Å². The molecule has 2 aromatic carbocycles. The topological polar surface area (TPSA) is 23.6 Å². The molecule has 1 unspecified atom stereocenters. The first-order chi connectivity index (χ1) is 12.8. The van der Waals surface area contributed by atoms with Gasteiger partial charge in [0.2, 0.25) is 0 Å². The zero-order valence-corrected chi connectivity index (χ0v) is 16.4. The molecule has 4 heteroatoms. The van der Waals surface area contributed by atoms with Crippen LogP contribution in [0.1, 0.15) is 19.3 Å². The van der Waals surface area contributed by atoms with Gasteiger partial charge in [0, 0.05) is 35.9 Å². The van der Waals surface area contributed by atoms with Crippen LogP contribution in [-0.2, 0) is 4.57 Å². The van der Waals surface area contributed by atoms with Crippen molar-refractivity contribution in [1.29, 1.82) is 0 Å². The Kier molecular flexibility index (Phi) is 5.59. The predicted octanol–water partition coefficient (Wildman–Crippen LogP) is 3.17. The molecule has 0 radical (unpaired) electrons. The summed E-state index contributed by atoms with van der Waals surface area (Å²) in [5.74, 6) is 0. The Bertz CT molecular complexity index is 706. The maximum atomic E-state index is 14.1. The molecule has 2 aliphatic heterocycles. The Morgan fingerprint density at radius 3 is 2.12 bits per heavy atom. The van der Waals surface area contributed by atoms with E-state index in [1.165, 1.54) is 32.4 Å². The van der Waals surface area contributed by atoms with E-state index in [4.69, 9.17) is 0 Å². The molecule has 2 aliphatic rings. The molecule has 4 rings (SSSR count). The first-order valence-electron chi connectivity index (χ1n) is 9.92. The standard InChI is InChI=1S/C22H29N2OP/c25-26(21-10-3-1-4-11-21,22-12-5-2-6-13-22)18-17-23-14-8-16-24-15-7-9-20(24)19-23/h1-6,10-13,20H,7-9,14-19H2. The van der Waals surface area contributed by atoms with E-state index in [1.807, 2.05) is 60.7 Å². The van der Waals surface area contributed by atoms with Crippen molar-refractivity contribution in [2.45, 2.75) is 25.3 Å². The number of nitrogens with zero attached hydrogens (tertiary/aromatic N) is 2. The molecular weight excluding hydrogens is 339 g/mol. The number of hydrogen-bond acceptors (Lipinski definition) is 3. The normalized spacial score (nSPS) is 22.1. The summed E-state index contributed by atoms with van der Waals surface area (Å²) in [5.41, 5.74) is 0. The van der Waals surface area contributed by atoms with Crippen molar-refractivity contribution < 1.29 is 4.57 Å². The van der Waals surface area contributed by atoms with Crippen LogP contribution in [0.4, 0.5) is 0 Å². The Hall–Kier alpha value is -1.41. The second kappa shape index (κ2) is 8.08. The lowest BCUT2D eigenvalue weighted by Crippen LogP contribution is -2.38. The molecule has 0 aromatic heterocycles. The summed E-state index contributed by atoms with van der Waals surface area (Å²) in [7, 11) is -2.59. The molecule has 2 fully saturated rings. The first-order valence-corrected chi connectivity index (χ1v) is 11.8. The molecule has 26 heavy (non-hydrogen) atoms. The summed E-state index contributed by atoms with van der Waals surface area (Å²) in [4.78, 5) is 5.22. The van der Waals surface area contributed by atoms with Gasteiger partial charge in [0.1, 0.15) is 7.14 Å². The average molecular weight is 368 g/mol. The molecule has 138 valence electrons.